The molecule has 0 saturated carbocycles. The summed E-state index contributed by atoms with van der Waals surface area (Å²) in [4.78, 5) is 21.2. The Morgan fingerprint density at radius 1 is 0.625 bits per heavy atom. The van der Waals surface area contributed by atoms with Crippen molar-refractivity contribution in [3.05, 3.63) is 71.8 Å². The van der Waals surface area contributed by atoms with Crippen molar-refractivity contribution in [2.45, 2.75) is 12.2 Å². The van der Waals surface area contributed by atoms with Gasteiger partial charge in [0.15, 0.2) is 12.2 Å². The van der Waals surface area contributed by atoms with Gasteiger partial charge in [0.1, 0.15) is 13.2 Å². The van der Waals surface area contributed by atoms with Crippen molar-refractivity contribution >= 4 is 12.3 Å². The van der Waals surface area contributed by atoms with Crippen LogP contribution in [0.1, 0.15) is 23.3 Å². The molecule has 124 valence electrons. The first-order chi connectivity index (χ1) is 11.7. The predicted molar refractivity (Wildman–Crippen MR) is 83.2 cm³/mol. The smallest absolute Gasteiger partial charge is 0.430 e. The molecule has 0 aliphatic carbocycles. The fourth-order valence-corrected chi connectivity index (χ4v) is 2.32. The quantitative estimate of drug-likeness (QED) is 0.781. The molecule has 2 unspecified atom stereocenters. The zero-order valence-electron chi connectivity index (χ0n) is 12.8. The molecule has 2 aliphatic heterocycles. The van der Waals surface area contributed by atoms with Crippen LogP contribution in [0, 0.1) is 0 Å². The van der Waals surface area contributed by atoms with Crippen molar-refractivity contribution in [1.29, 1.82) is 0 Å². The van der Waals surface area contributed by atoms with Gasteiger partial charge in [-0.3, -0.25) is 0 Å². The van der Waals surface area contributed by atoms with Crippen molar-refractivity contribution in [2.24, 2.45) is 0 Å². The Morgan fingerprint density at radius 2 is 1.00 bits per heavy atom. The number of hydrogen-bond acceptors (Lipinski definition) is 6. The van der Waals surface area contributed by atoms with Crippen molar-refractivity contribution in [1.82, 2.24) is 0 Å². The maximum Gasteiger partial charge on any atom is 0.509 e. The van der Waals surface area contributed by atoms with Crippen LogP contribution in [-0.2, 0) is 18.9 Å². The molecule has 2 aliphatic rings. The number of carbonyl (C=O) groups excluding carboxylic acids is 2. The predicted octanol–water partition coefficient (Wildman–Crippen LogP) is 3.79. The largest absolute Gasteiger partial charge is 0.509 e. The van der Waals surface area contributed by atoms with Gasteiger partial charge < -0.3 is 18.9 Å². The molecular formula is C18H16O6. The molecule has 0 spiro atoms. The number of rotatable bonds is 2. The van der Waals surface area contributed by atoms with Crippen molar-refractivity contribution in [2.75, 3.05) is 13.2 Å². The van der Waals surface area contributed by atoms with E-state index in [1.165, 1.54) is 0 Å². The van der Waals surface area contributed by atoms with E-state index in [-0.39, 0.29) is 12.2 Å². The van der Waals surface area contributed by atoms with E-state index >= 15 is 0 Å². The summed E-state index contributed by atoms with van der Waals surface area (Å²) < 4.78 is 19.1. The lowest BCUT2D eigenvalue weighted by molar-refractivity contribution is 0.117. The van der Waals surface area contributed by atoms with Gasteiger partial charge in [-0.15, -0.1) is 0 Å². The van der Waals surface area contributed by atoms with Gasteiger partial charge in [-0.25, -0.2) is 9.59 Å². The Morgan fingerprint density at radius 3 is 1.29 bits per heavy atom. The summed E-state index contributed by atoms with van der Waals surface area (Å²) in [5.74, 6) is 0. The average molecular weight is 328 g/mol. The molecule has 2 aromatic carbocycles. The third-order valence-electron chi connectivity index (χ3n) is 3.52. The Hall–Kier alpha value is -3.02. The lowest BCUT2D eigenvalue weighted by atomic mass is 10.1. The van der Waals surface area contributed by atoms with Crippen LogP contribution < -0.4 is 0 Å². The minimum atomic E-state index is -0.580. The lowest BCUT2D eigenvalue weighted by Crippen LogP contribution is -1.99. The molecule has 24 heavy (non-hydrogen) atoms. The molecule has 6 nitrogen and oxygen atoms in total. The van der Waals surface area contributed by atoms with E-state index in [2.05, 4.69) is 9.47 Å². The third-order valence-corrected chi connectivity index (χ3v) is 3.52. The number of hydrogen-bond donors (Lipinski definition) is 0. The van der Waals surface area contributed by atoms with Crippen LogP contribution in [0.15, 0.2) is 60.7 Å². The second-order valence-electron chi connectivity index (χ2n) is 5.16. The Labute approximate surface area is 138 Å². The fraction of sp³-hybridized carbons (Fsp3) is 0.222. The molecule has 6 heteroatoms. The summed E-state index contributed by atoms with van der Waals surface area (Å²) in [5, 5.41) is 0. The molecule has 0 N–H and O–H groups in total. The molecule has 0 bridgehead atoms. The Bertz CT molecular complexity index is 624. The molecule has 2 atom stereocenters. The summed E-state index contributed by atoms with van der Waals surface area (Å²) in [5.41, 5.74) is 1.95. The summed E-state index contributed by atoms with van der Waals surface area (Å²) in [6.45, 7) is 0.645. The number of cyclic esters (lactones) is 4. The molecular weight excluding hydrogens is 312 g/mol. The average Bonchev–Trinajstić information content (AvgIpc) is 3.26. The van der Waals surface area contributed by atoms with Crippen LogP contribution in [0.3, 0.4) is 0 Å². The van der Waals surface area contributed by atoms with Gasteiger partial charge in [0, 0.05) is 0 Å². The van der Waals surface area contributed by atoms with Crippen LogP contribution in [0.5, 0.6) is 0 Å². The second-order valence-corrected chi connectivity index (χ2v) is 5.16. The van der Waals surface area contributed by atoms with Gasteiger partial charge in [-0.2, -0.15) is 0 Å². The first-order valence-corrected chi connectivity index (χ1v) is 7.49. The molecule has 2 saturated heterocycles. The fourth-order valence-electron chi connectivity index (χ4n) is 2.32. The number of carbonyl (C=O) groups is 2. The van der Waals surface area contributed by atoms with Crippen LogP contribution in [0.25, 0.3) is 0 Å². The first-order valence-electron chi connectivity index (χ1n) is 7.49. The normalized spacial score (nSPS) is 21.7. The molecule has 0 radical (unpaired) electrons. The Balaban J connectivity index is 0.000000141. The van der Waals surface area contributed by atoms with E-state index in [1.54, 1.807) is 0 Å². The molecule has 0 aromatic heterocycles. The van der Waals surface area contributed by atoms with Crippen LogP contribution >= 0.6 is 0 Å². The van der Waals surface area contributed by atoms with E-state index in [9.17, 15) is 9.59 Å². The topological polar surface area (TPSA) is 71.1 Å². The SMILES string of the molecule is O=C1OCC(c2ccccc2)O1.O=C1OCC(c2ccccc2)O1. The van der Waals surface area contributed by atoms with Gasteiger partial charge in [-0.05, 0) is 11.1 Å². The molecule has 0 amide bonds. The minimum absolute atomic E-state index is 0.223. The highest BCUT2D eigenvalue weighted by Gasteiger charge is 2.26. The third kappa shape index (κ3) is 4.04. The van der Waals surface area contributed by atoms with E-state index in [0.717, 1.165) is 11.1 Å². The summed E-state index contributed by atoms with van der Waals surface area (Å²) in [6.07, 6.45) is -1.61. The van der Waals surface area contributed by atoms with Gasteiger partial charge in [0.05, 0.1) is 0 Å². The number of ether oxygens (including phenoxy) is 4. The lowest BCUT2D eigenvalue weighted by Gasteiger charge is -2.04. The van der Waals surface area contributed by atoms with Crippen LogP contribution in [-0.4, -0.2) is 25.5 Å². The zero-order valence-corrected chi connectivity index (χ0v) is 12.8. The second kappa shape index (κ2) is 7.50. The summed E-state index contributed by atoms with van der Waals surface area (Å²) >= 11 is 0. The molecule has 2 aromatic rings. The molecule has 2 heterocycles. The van der Waals surface area contributed by atoms with Gasteiger partial charge in [0.2, 0.25) is 0 Å². The minimum Gasteiger partial charge on any atom is -0.430 e. The van der Waals surface area contributed by atoms with Crippen molar-refractivity contribution in [3.8, 4) is 0 Å². The van der Waals surface area contributed by atoms with E-state index in [1.807, 2.05) is 60.7 Å². The highest BCUT2D eigenvalue weighted by Crippen LogP contribution is 2.23. The maximum atomic E-state index is 10.6. The van der Waals surface area contributed by atoms with Crippen LogP contribution in [0.4, 0.5) is 9.59 Å². The van der Waals surface area contributed by atoms with Gasteiger partial charge in [0.25, 0.3) is 0 Å². The van der Waals surface area contributed by atoms with Gasteiger partial charge in [-0.1, -0.05) is 60.7 Å². The van der Waals surface area contributed by atoms with Crippen molar-refractivity contribution < 1.29 is 28.5 Å². The molecule has 4 rings (SSSR count). The van der Waals surface area contributed by atoms with E-state index < -0.39 is 12.3 Å². The van der Waals surface area contributed by atoms with Crippen molar-refractivity contribution in [3.63, 3.8) is 0 Å². The van der Waals surface area contributed by atoms with Gasteiger partial charge >= 0.3 is 12.3 Å². The standard InChI is InChI=1S/2C9H8O3/c2*10-9-11-6-8(12-9)7-4-2-1-3-5-7/h2*1-5,8H,6H2. The number of benzene rings is 2. The zero-order chi connectivity index (χ0) is 16.8. The van der Waals surface area contributed by atoms with E-state index in [4.69, 9.17) is 9.47 Å². The molecule has 2 fully saturated rings. The highest BCUT2D eigenvalue weighted by molar-refractivity contribution is 5.62. The summed E-state index contributed by atoms with van der Waals surface area (Å²) in [7, 11) is 0. The maximum absolute atomic E-state index is 10.6. The summed E-state index contributed by atoms with van der Waals surface area (Å²) in [6, 6.07) is 19.1. The van der Waals surface area contributed by atoms with Crippen LogP contribution in [0.2, 0.25) is 0 Å². The highest BCUT2D eigenvalue weighted by atomic mass is 16.8. The Kier molecular flexibility index (Phi) is 4.96. The van der Waals surface area contributed by atoms with E-state index in [0.29, 0.717) is 13.2 Å². The monoisotopic (exact) mass is 328 g/mol. The first kappa shape index (κ1) is 15.9.